The second-order valence-corrected chi connectivity index (χ2v) is 5.35. The zero-order valence-corrected chi connectivity index (χ0v) is 11.1. The molecule has 0 fully saturated rings. The van der Waals surface area contributed by atoms with Gasteiger partial charge in [-0.2, -0.15) is 0 Å². The molecule has 0 aliphatic carbocycles. The highest BCUT2D eigenvalue weighted by Crippen LogP contribution is 2.34. The number of nitrogens with two attached hydrogens (primary N) is 1. The molecule has 2 N–H and O–H groups in total. The van der Waals surface area contributed by atoms with E-state index in [4.69, 9.17) is 10.7 Å². The molecule has 1 aromatic carbocycles. The van der Waals surface area contributed by atoms with Gasteiger partial charge >= 0.3 is 0 Å². The van der Waals surface area contributed by atoms with Crippen LogP contribution < -0.4 is 5.73 Å². The van der Waals surface area contributed by atoms with Crippen LogP contribution in [-0.2, 0) is 0 Å². The SMILES string of the molecule is CCCC(C)c1nc(-c2ccccc2)sc1N. The monoisotopic (exact) mass is 246 g/mol. The first kappa shape index (κ1) is 12.1. The highest BCUT2D eigenvalue weighted by Gasteiger charge is 2.15. The predicted octanol–water partition coefficient (Wildman–Crippen LogP) is 4.30. The van der Waals surface area contributed by atoms with E-state index in [2.05, 4.69) is 26.0 Å². The lowest BCUT2D eigenvalue weighted by molar-refractivity contribution is 0.653. The van der Waals surface area contributed by atoms with Gasteiger partial charge in [-0.15, -0.1) is 0 Å². The number of hydrogen-bond donors (Lipinski definition) is 1. The van der Waals surface area contributed by atoms with Gasteiger partial charge < -0.3 is 5.73 Å². The van der Waals surface area contributed by atoms with Crippen molar-refractivity contribution in [3.8, 4) is 10.6 Å². The maximum Gasteiger partial charge on any atom is 0.125 e. The van der Waals surface area contributed by atoms with Crippen molar-refractivity contribution in [2.24, 2.45) is 0 Å². The molecule has 0 aliphatic heterocycles. The summed E-state index contributed by atoms with van der Waals surface area (Å²) in [4.78, 5) is 4.69. The third-order valence-electron chi connectivity index (χ3n) is 2.89. The summed E-state index contributed by atoms with van der Waals surface area (Å²) in [6.45, 7) is 4.39. The zero-order valence-electron chi connectivity index (χ0n) is 10.3. The number of benzene rings is 1. The molecular weight excluding hydrogens is 228 g/mol. The standard InChI is InChI=1S/C14H18N2S/c1-3-7-10(2)12-13(15)17-14(16-12)11-8-5-4-6-9-11/h4-6,8-10H,3,7,15H2,1-2H3. The van der Waals surface area contributed by atoms with E-state index in [-0.39, 0.29) is 0 Å². The van der Waals surface area contributed by atoms with Gasteiger partial charge in [-0.25, -0.2) is 4.98 Å². The van der Waals surface area contributed by atoms with E-state index in [1.165, 1.54) is 6.42 Å². The Balaban J connectivity index is 2.31. The van der Waals surface area contributed by atoms with Gasteiger partial charge in [0.1, 0.15) is 10.0 Å². The molecule has 0 bridgehead atoms. The van der Waals surface area contributed by atoms with E-state index in [9.17, 15) is 0 Å². The van der Waals surface area contributed by atoms with Gasteiger partial charge in [0.05, 0.1) is 5.69 Å². The summed E-state index contributed by atoms with van der Waals surface area (Å²) in [6, 6.07) is 10.2. The Bertz CT molecular complexity index is 476. The first-order chi connectivity index (χ1) is 8.22. The van der Waals surface area contributed by atoms with Crippen molar-refractivity contribution in [2.45, 2.75) is 32.6 Å². The number of aromatic nitrogens is 1. The number of rotatable bonds is 4. The molecule has 1 aromatic heterocycles. The van der Waals surface area contributed by atoms with E-state index in [0.717, 1.165) is 27.7 Å². The predicted molar refractivity (Wildman–Crippen MR) is 75.3 cm³/mol. The van der Waals surface area contributed by atoms with Crippen molar-refractivity contribution in [1.82, 2.24) is 4.98 Å². The lowest BCUT2D eigenvalue weighted by Crippen LogP contribution is -1.97. The van der Waals surface area contributed by atoms with E-state index in [1.54, 1.807) is 11.3 Å². The molecule has 0 radical (unpaired) electrons. The Morgan fingerprint density at radius 2 is 2.00 bits per heavy atom. The molecule has 0 saturated carbocycles. The summed E-state index contributed by atoms with van der Waals surface area (Å²) in [5.74, 6) is 0.453. The first-order valence-corrected chi connectivity index (χ1v) is 6.85. The minimum Gasteiger partial charge on any atom is -0.389 e. The van der Waals surface area contributed by atoms with Gasteiger partial charge in [-0.1, -0.05) is 61.9 Å². The van der Waals surface area contributed by atoms with Crippen molar-refractivity contribution < 1.29 is 0 Å². The van der Waals surface area contributed by atoms with Crippen molar-refractivity contribution in [1.29, 1.82) is 0 Å². The van der Waals surface area contributed by atoms with E-state index >= 15 is 0 Å². The summed E-state index contributed by atoms with van der Waals surface area (Å²) >= 11 is 1.59. The Hall–Kier alpha value is -1.35. The van der Waals surface area contributed by atoms with Crippen LogP contribution in [0.1, 0.15) is 38.3 Å². The van der Waals surface area contributed by atoms with Crippen molar-refractivity contribution in [3.63, 3.8) is 0 Å². The molecular formula is C14H18N2S. The van der Waals surface area contributed by atoms with Crippen LogP contribution in [0.3, 0.4) is 0 Å². The van der Waals surface area contributed by atoms with Gasteiger partial charge in [-0.3, -0.25) is 0 Å². The lowest BCUT2D eigenvalue weighted by atomic mass is 10.0. The molecule has 90 valence electrons. The van der Waals surface area contributed by atoms with E-state index < -0.39 is 0 Å². The third kappa shape index (κ3) is 2.67. The summed E-state index contributed by atoms with van der Waals surface area (Å²) in [5.41, 5.74) is 8.28. The minimum atomic E-state index is 0.453. The first-order valence-electron chi connectivity index (χ1n) is 6.04. The molecule has 3 heteroatoms. The molecule has 0 spiro atoms. The van der Waals surface area contributed by atoms with Crippen LogP contribution in [0.4, 0.5) is 5.00 Å². The molecule has 17 heavy (non-hydrogen) atoms. The van der Waals surface area contributed by atoms with Crippen LogP contribution in [0.2, 0.25) is 0 Å². The fraction of sp³-hybridized carbons (Fsp3) is 0.357. The van der Waals surface area contributed by atoms with Crippen molar-refractivity contribution in [3.05, 3.63) is 36.0 Å². The normalized spacial score (nSPS) is 12.6. The van der Waals surface area contributed by atoms with Crippen LogP contribution in [0.25, 0.3) is 10.6 Å². The van der Waals surface area contributed by atoms with Gasteiger partial charge in [0, 0.05) is 11.5 Å². The highest BCUT2D eigenvalue weighted by molar-refractivity contribution is 7.18. The molecule has 1 unspecified atom stereocenters. The maximum absolute atomic E-state index is 6.07. The van der Waals surface area contributed by atoms with Crippen molar-refractivity contribution >= 4 is 16.3 Å². The Morgan fingerprint density at radius 3 is 2.65 bits per heavy atom. The summed E-state index contributed by atoms with van der Waals surface area (Å²) < 4.78 is 0. The van der Waals surface area contributed by atoms with Gasteiger partial charge in [0.2, 0.25) is 0 Å². The van der Waals surface area contributed by atoms with Crippen LogP contribution >= 0.6 is 11.3 Å². The van der Waals surface area contributed by atoms with Gasteiger partial charge in [0.15, 0.2) is 0 Å². The van der Waals surface area contributed by atoms with Crippen LogP contribution in [-0.4, -0.2) is 4.98 Å². The van der Waals surface area contributed by atoms with E-state index in [0.29, 0.717) is 5.92 Å². The fourth-order valence-electron chi connectivity index (χ4n) is 1.97. The van der Waals surface area contributed by atoms with E-state index in [1.807, 2.05) is 18.2 Å². The summed E-state index contributed by atoms with van der Waals surface area (Å²) in [6.07, 6.45) is 2.31. The Labute approximate surface area is 107 Å². The van der Waals surface area contributed by atoms with Gasteiger partial charge in [0.25, 0.3) is 0 Å². The number of nitrogens with zero attached hydrogens (tertiary/aromatic N) is 1. The number of thiazole rings is 1. The average molecular weight is 246 g/mol. The molecule has 2 rings (SSSR count). The van der Waals surface area contributed by atoms with Crippen LogP contribution in [0.15, 0.2) is 30.3 Å². The highest BCUT2D eigenvalue weighted by atomic mass is 32.1. The Morgan fingerprint density at radius 1 is 1.29 bits per heavy atom. The smallest absolute Gasteiger partial charge is 0.125 e. The second-order valence-electron chi connectivity index (χ2n) is 4.32. The van der Waals surface area contributed by atoms with Crippen molar-refractivity contribution in [2.75, 3.05) is 5.73 Å². The lowest BCUT2D eigenvalue weighted by Gasteiger charge is -2.06. The molecule has 2 nitrogen and oxygen atoms in total. The topological polar surface area (TPSA) is 38.9 Å². The van der Waals surface area contributed by atoms with Crippen LogP contribution in [0.5, 0.6) is 0 Å². The third-order valence-corrected chi connectivity index (χ3v) is 3.84. The second kappa shape index (κ2) is 5.32. The van der Waals surface area contributed by atoms with Crippen LogP contribution in [0, 0.1) is 0 Å². The summed E-state index contributed by atoms with van der Waals surface area (Å²) in [7, 11) is 0. The Kier molecular flexibility index (Phi) is 3.79. The van der Waals surface area contributed by atoms with Gasteiger partial charge in [-0.05, 0) is 6.42 Å². The quantitative estimate of drug-likeness (QED) is 0.873. The minimum absolute atomic E-state index is 0.453. The fourth-order valence-corrected chi connectivity index (χ4v) is 2.93. The molecule has 2 aromatic rings. The summed E-state index contributed by atoms with van der Waals surface area (Å²) in [5, 5.41) is 1.89. The number of hydrogen-bond acceptors (Lipinski definition) is 3. The number of anilines is 1. The molecule has 0 saturated heterocycles. The largest absolute Gasteiger partial charge is 0.389 e. The molecule has 0 amide bonds. The average Bonchev–Trinajstić information content (AvgIpc) is 2.73. The number of nitrogen functional groups attached to an aromatic ring is 1. The molecule has 0 aliphatic rings. The zero-order chi connectivity index (χ0) is 12.3. The molecule has 1 atom stereocenters. The molecule has 1 heterocycles. The maximum atomic E-state index is 6.07.